The van der Waals surface area contributed by atoms with Gasteiger partial charge in [0.1, 0.15) is 11.6 Å². The number of nitrogens with zero attached hydrogens (tertiary/aromatic N) is 2. The predicted molar refractivity (Wildman–Crippen MR) is 101 cm³/mol. The highest BCUT2D eigenvalue weighted by Gasteiger charge is 2.16. The average Bonchev–Trinajstić information content (AvgIpc) is 2.57. The molecule has 0 amide bonds. The van der Waals surface area contributed by atoms with Crippen LogP contribution in [0.15, 0.2) is 29.0 Å². The van der Waals surface area contributed by atoms with Crippen molar-refractivity contribution in [2.75, 3.05) is 36.1 Å². The molecule has 7 nitrogen and oxygen atoms in total. The molecule has 8 N–H and O–H groups in total. The first-order chi connectivity index (χ1) is 11.5. The summed E-state index contributed by atoms with van der Waals surface area (Å²) in [6, 6.07) is 3.66. The van der Waals surface area contributed by atoms with Gasteiger partial charge < -0.3 is 27.7 Å². The number of pyridine rings is 2. The highest BCUT2D eigenvalue weighted by Crippen LogP contribution is 2.24. The van der Waals surface area contributed by atoms with Crippen LogP contribution in [-0.2, 0) is 11.2 Å². The van der Waals surface area contributed by atoms with Crippen LogP contribution in [0.1, 0.15) is 18.4 Å². The third-order valence-electron chi connectivity index (χ3n) is 3.79. The van der Waals surface area contributed by atoms with Gasteiger partial charge in [0.25, 0.3) is 0 Å². The lowest BCUT2D eigenvalue weighted by Crippen LogP contribution is -2.20. The van der Waals surface area contributed by atoms with Crippen molar-refractivity contribution >= 4 is 38.9 Å². The average molecular weight is 395 g/mol. The van der Waals surface area contributed by atoms with Gasteiger partial charge in [-0.1, -0.05) is 0 Å². The number of aromatic nitrogens is 2. The Morgan fingerprint density at radius 3 is 2.58 bits per heavy atom. The maximum Gasteiger partial charge on any atom is 0.146 e. The van der Waals surface area contributed by atoms with E-state index in [1.54, 1.807) is 18.5 Å². The predicted octanol–water partition coefficient (Wildman–Crippen LogP) is 2.22. The first-order valence-electron chi connectivity index (χ1n) is 7.70. The summed E-state index contributed by atoms with van der Waals surface area (Å²) in [6.07, 6.45) is 6.61. The Bertz CT molecular complexity index is 676. The second-order valence-corrected chi connectivity index (χ2v) is 6.60. The number of rotatable bonds is 2. The molecular weight excluding hydrogens is 372 g/mol. The molecule has 0 aromatic carbocycles. The highest BCUT2D eigenvalue weighted by molar-refractivity contribution is 9.10. The summed E-state index contributed by atoms with van der Waals surface area (Å²) in [6.45, 7) is 1.73. The zero-order valence-corrected chi connectivity index (χ0v) is 15.0. The number of hydrogen-bond donors (Lipinski definition) is 4. The Kier molecular flexibility index (Phi) is 6.62. The lowest BCUT2D eigenvalue weighted by Gasteiger charge is -2.22. The third-order valence-corrected chi connectivity index (χ3v) is 4.22. The summed E-state index contributed by atoms with van der Waals surface area (Å²) < 4.78 is 6.28. The summed E-state index contributed by atoms with van der Waals surface area (Å²) in [4.78, 5) is 7.74. The highest BCUT2D eigenvalue weighted by atomic mass is 79.9. The van der Waals surface area contributed by atoms with Crippen LogP contribution in [-0.4, -0.2) is 23.2 Å². The standard InChI is InChI=1S/C11H17N3O.C5H6BrN3/c12-10-9(3-4-14-11(10)13)6-8-2-1-5-15-7-8;6-3-1-4(7)5(8)9-2-3/h3-4,8H,1-2,5-7,12H2,(H2,13,14);1-2H,7H2,(H2,8,9). The van der Waals surface area contributed by atoms with E-state index in [1.807, 2.05) is 6.07 Å². The fourth-order valence-corrected chi connectivity index (χ4v) is 2.80. The van der Waals surface area contributed by atoms with Crippen LogP contribution in [0.3, 0.4) is 0 Å². The molecule has 0 spiro atoms. The van der Waals surface area contributed by atoms with E-state index < -0.39 is 0 Å². The SMILES string of the molecule is Nc1cc(Br)cnc1N.Nc1nccc(CC2CCCOC2)c1N. The minimum Gasteiger partial charge on any atom is -0.396 e. The van der Waals surface area contributed by atoms with E-state index in [0.29, 0.717) is 28.9 Å². The van der Waals surface area contributed by atoms with Crippen LogP contribution >= 0.6 is 15.9 Å². The van der Waals surface area contributed by atoms with Gasteiger partial charge >= 0.3 is 0 Å². The van der Waals surface area contributed by atoms with Crippen LogP contribution in [0.5, 0.6) is 0 Å². The molecule has 1 aliphatic heterocycles. The maximum absolute atomic E-state index is 5.87. The van der Waals surface area contributed by atoms with Gasteiger partial charge in [-0.25, -0.2) is 9.97 Å². The monoisotopic (exact) mass is 394 g/mol. The second kappa shape index (κ2) is 8.70. The summed E-state index contributed by atoms with van der Waals surface area (Å²) in [7, 11) is 0. The zero-order valence-electron chi connectivity index (χ0n) is 13.4. The van der Waals surface area contributed by atoms with E-state index in [-0.39, 0.29) is 0 Å². The van der Waals surface area contributed by atoms with Crippen LogP contribution in [0.25, 0.3) is 0 Å². The minimum absolute atomic E-state index is 0.373. The van der Waals surface area contributed by atoms with E-state index in [1.165, 1.54) is 6.42 Å². The van der Waals surface area contributed by atoms with Gasteiger partial charge in [-0.2, -0.15) is 0 Å². The molecule has 3 heterocycles. The molecule has 0 bridgehead atoms. The summed E-state index contributed by atoms with van der Waals surface area (Å²) in [5.74, 6) is 1.38. The lowest BCUT2D eigenvalue weighted by atomic mass is 9.94. The number of nitrogens with two attached hydrogens (primary N) is 4. The van der Waals surface area contributed by atoms with Crippen molar-refractivity contribution in [1.82, 2.24) is 9.97 Å². The number of nitrogen functional groups attached to an aromatic ring is 4. The fraction of sp³-hybridized carbons (Fsp3) is 0.375. The molecule has 3 rings (SSSR count). The molecule has 1 saturated heterocycles. The van der Waals surface area contributed by atoms with Crippen molar-refractivity contribution in [3.05, 3.63) is 34.6 Å². The van der Waals surface area contributed by atoms with Crippen molar-refractivity contribution < 1.29 is 4.74 Å². The van der Waals surface area contributed by atoms with Crippen molar-refractivity contribution in [2.45, 2.75) is 19.3 Å². The van der Waals surface area contributed by atoms with Crippen molar-refractivity contribution in [2.24, 2.45) is 5.92 Å². The van der Waals surface area contributed by atoms with Crippen LogP contribution < -0.4 is 22.9 Å². The molecule has 130 valence electrons. The number of anilines is 4. The maximum atomic E-state index is 5.87. The van der Waals surface area contributed by atoms with Crippen LogP contribution in [0.2, 0.25) is 0 Å². The third kappa shape index (κ3) is 5.24. The Morgan fingerprint density at radius 1 is 1.17 bits per heavy atom. The van der Waals surface area contributed by atoms with Crippen molar-refractivity contribution in [3.63, 3.8) is 0 Å². The second-order valence-electron chi connectivity index (χ2n) is 5.68. The summed E-state index contributed by atoms with van der Waals surface area (Å²) in [5, 5.41) is 0. The molecule has 2 aromatic heterocycles. The molecule has 1 unspecified atom stereocenters. The molecule has 0 saturated carbocycles. The van der Waals surface area contributed by atoms with Gasteiger partial charge in [0, 0.05) is 30.1 Å². The molecule has 1 atom stereocenters. The first kappa shape index (κ1) is 18.3. The smallest absolute Gasteiger partial charge is 0.146 e. The lowest BCUT2D eigenvalue weighted by molar-refractivity contribution is 0.0551. The minimum atomic E-state index is 0.373. The van der Waals surface area contributed by atoms with Gasteiger partial charge in [0.05, 0.1) is 11.4 Å². The molecule has 1 fully saturated rings. The normalized spacial score (nSPS) is 17.0. The summed E-state index contributed by atoms with van der Waals surface area (Å²) >= 11 is 3.20. The molecule has 8 heteroatoms. The van der Waals surface area contributed by atoms with Gasteiger partial charge in [-0.3, -0.25) is 0 Å². The van der Waals surface area contributed by atoms with Gasteiger partial charge in [0.2, 0.25) is 0 Å². The van der Waals surface area contributed by atoms with Crippen molar-refractivity contribution in [3.8, 4) is 0 Å². The summed E-state index contributed by atoms with van der Waals surface area (Å²) in [5.41, 5.74) is 24.5. The van der Waals surface area contributed by atoms with Crippen LogP contribution in [0, 0.1) is 5.92 Å². The van der Waals surface area contributed by atoms with Gasteiger partial charge in [0.15, 0.2) is 0 Å². The van der Waals surface area contributed by atoms with E-state index in [0.717, 1.165) is 36.1 Å². The molecule has 0 radical (unpaired) electrons. The Hall–Kier alpha value is -2.06. The van der Waals surface area contributed by atoms with Crippen molar-refractivity contribution in [1.29, 1.82) is 0 Å². The van der Waals surface area contributed by atoms with E-state index in [9.17, 15) is 0 Å². The molecular formula is C16H23BrN6O. The van der Waals surface area contributed by atoms with Gasteiger partial charge in [-0.05, 0) is 58.8 Å². The number of hydrogen-bond acceptors (Lipinski definition) is 7. The van der Waals surface area contributed by atoms with Crippen LogP contribution in [0.4, 0.5) is 23.0 Å². The Morgan fingerprint density at radius 2 is 1.96 bits per heavy atom. The molecule has 24 heavy (non-hydrogen) atoms. The quantitative estimate of drug-likeness (QED) is 0.611. The largest absolute Gasteiger partial charge is 0.396 e. The van der Waals surface area contributed by atoms with E-state index in [4.69, 9.17) is 27.7 Å². The van der Waals surface area contributed by atoms with E-state index >= 15 is 0 Å². The molecule has 0 aliphatic carbocycles. The van der Waals surface area contributed by atoms with E-state index in [2.05, 4.69) is 25.9 Å². The first-order valence-corrected chi connectivity index (χ1v) is 8.49. The fourth-order valence-electron chi connectivity index (χ4n) is 2.45. The zero-order chi connectivity index (χ0) is 17.5. The van der Waals surface area contributed by atoms with Gasteiger partial charge in [-0.15, -0.1) is 0 Å². The molecule has 2 aromatic rings. The number of halogens is 1. The topological polar surface area (TPSA) is 139 Å². The Balaban J connectivity index is 0.000000198. The Labute approximate surface area is 149 Å². The molecule has 1 aliphatic rings. The number of ether oxygens (including phenoxy) is 1.